The molecular formula is C22H24BrN3O3. The minimum Gasteiger partial charge on any atom is -0.483 e. The molecule has 1 aromatic heterocycles. The van der Waals surface area contributed by atoms with Crippen LogP contribution in [0.15, 0.2) is 28.7 Å². The van der Waals surface area contributed by atoms with Crippen molar-refractivity contribution in [3.8, 4) is 11.8 Å². The number of nitriles is 1. The summed E-state index contributed by atoms with van der Waals surface area (Å²) in [5.41, 5.74) is 2.84. The highest BCUT2D eigenvalue weighted by Crippen LogP contribution is 2.34. The van der Waals surface area contributed by atoms with Gasteiger partial charge in [-0.1, -0.05) is 12.1 Å². The number of halogens is 1. The van der Waals surface area contributed by atoms with Crippen molar-refractivity contribution in [2.75, 3.05) is 18.5 Å². The number of hydrogen-bond donors (Lipinski definition) is 1. The van der Waals surface area contributed by atoms with Gasteiger partial charge in [-0.05, 0) is 72.2 Å². The SMILES string of the molecule is N#Cc1c2c(n(CC3CCCO3)c1NC(=O)COc1ccccc1Br)CCCC2. The maximum Gasteiger partial charge on any atom is 0.263 e. The second kappa shape index (κ2) is 9.02. The van der Waals surface area contributed by atoms with E-state index in [1.165, 1.54) is 5.69 Å². The van der Waals surface area contributed by atoms with Crippen molar-refractivity contribution >= 4 is 27.7 Å². The fourth-order valence-corrected chi connectivity index (χ4v) is 4.59. The van der Waals surface area contributed by atoms with E-state index in [1.54, 1.807) is 6.07 Å². The van der Waals surface area contributed by atoms with Crippen LogP contribution in [0.1, 0.15) is 42.5 Å². The van der Waals surface area contributed by atoms with Gasteiger partial charge in [0.05, 0.1) is 22.7 Å². The van der Waals surface area contributed by atoms with E-state index in [1.807, 2.05) is 18.2 Å². The summed E-state index contributed by atoms with van der Waals surface area (Å²) in [6.45, 7) is 1.33. The molecule has 2 aliphatic rings. The highest BCUT2D eigenvalue weighted by atomic mass is 79.9. The normalized spacial score (nSPS) is 18.1. The molecule has 2 aromatic rings. The molecule has 1 saturated heterocycles. The first kappa shape index (κ1) is 20.0. The summed E-state index contributed by atoms with van der Waals surface area (Å²) in [6, 6.07) is 9.74. The smallest absolute Gasteiger partial charge is 0.263 e. The molecule has 152 valence electrons. The van der Waals surface area contributed by atoms with Crippen LogP contribution in [-0.4, -0.2) is 29.8 Å². The number of carbonyl (C=O) groups is 1. The Labute approximate surface area is 178 Å². The fourth-order valence-electron chi connectivity index (χ4n) is 4.19. The molecule has 0 radical (unpaired) electrons. The summed E-state index contributed by atoms with van der Waals surface area (Å²) in [4.78, 5) is 12.7. The molecule has 1 N–H and O–H groups in total. The van der Waals surface area contributed by atoms with Crippen LogP contribution in [0.25, 0.3) is 0 Å². The van der Waals surface area contributed by atoms with E-state index in [0.717, 1.165) is 55.2 Å². The second-order valence-corrected chi connectivity index (χ2v) is 8.34. The molecule has 0 saturated carbocycles. The van der Waals surface area contributed by atoms with Gasteiger partial charge >= 0.3 is 0 Å². The molecule has 1 aromatic carbocycles. The molecule has 1 aliphatic heterocycles. The molecule has 29 heavy (non-hydrogen) atoms. The van der Waals surface area contributed by atoms with Gasteiger partial charge in [0, 0.05) is 12.3 Å². The van der Waals surface area contributed by atoms with E-state index in [9.17, 15) is 10.1 Å². The van der Waals surface area contributed by atoms with Crippen LogP contribution in [0.2, 0.25) is 0 Å². The average Bonchev–Trinajstić information content (AvgIpc) is 3.34. The Morgan fingerprint density at radius 3 is 2.90 bits per heavy atom. The zero-order valence-electron chi connectivity index (χ0n) is 16.2. The van der Waals surface area contributed by atoms with Gasteiger partial charge in [0.25, 0.3) is 5.91 Å². The Hall–Kier alpha value is -2.30. The number of nitrogens with one attached hydrogen (secondary N) is 1. The number of para-hydroxylation sites is 1. The van der Waals surface area contributed by atoms with Crippen molar-refractivity contribution in [2.24, 2.45) is 0 Å². The number of amides is 1. The van der Waals surface area contributed by atoms with Crippen LogP contribution in [0.5, 0.6) is 5.75 Å². The predicted molar refractivity (Wildman–Crippen MR) is 113 cm³/mol. The van der Waals surface area contributed by atoms with Gasteiger partial charge in [0.15, 0.2) is 6.61 Å². The van der Waals surface area contributed by atoms with Crippen LogP contribution >= 0.6 is 15.9 Å². The van der Waals surface area contributed by atoms with Gasteiger partial charge in [-0.25, -0.2) is 0 Å². The zero-order valence-corrected chi connectivity index (χ0v) is 17.8. The van der Waals surface area contributed by atoms with Crippen molar-refractivity contribution in [2.45, 2.75) is 51.2 Å². The number of fused-ring (bicyclic) bond motifs is 1. The lowest BCUT2D eigenvalue weighted by atomic mass is 9.95. The summed E-state index contributed by atoms with van der Waals surface area (Å²) in [5.74, 6) is 0.925. The van der Waals surface area contributed by atoms with Crippen molar-refractivity contribution in [3.05, 3.63) is 45.6 Å². The Morgan fingerprint density at radius 1 is 1.31 bits per heavy atom. The van der Waals surface area contributed by atoms with Crippen LogP contribution in [0, 0.1) is 11.3 Å². The molecule has 1 amide bonds. The Kier molecular flexibility index (Phi) is 6.22. The number of anilines is 1. The Morgan fingerprint density at radius 2 is 2.14 bits per heavy atom. The van der Waals surface area contributed by atoms with E-state index >= 15 is 0 Å². The number of benzene rings is 1. The van der Waals surface area contributed by atoms with Gasteiger partial charge in [0.1, 0.15) is 17.6 Å². The van der Waals surface area contributed by atoms with E-state index in [-0.39, 0.29) is 18.6 Å². The summed E-state index contributed by atoms with van der Waals surface area (Å²) in [5, 5.41) is 12.8. The van der Waals surface area contributed by atoms with Crippen molar-refractivity contribution in [1.82, 2.24) is 4.57 Å². The van der Waals surface area contributed by atoms with Gasteiger partial charge in [-0.2, -0.15) is 5.26 Å². The predicted octanol–water partition coefficient (Wildman–Crippen LogP) is 4.20. The minimum absolute atomic E-state index is 0.122. The third-order valence-corrected chi connectivity index (χ3v) is 6.20. The Balaban J connectivity index is 1.56. The van der Waals surface area contributed by atoms with Crippen molar-refractivity contribution in [3.63, 3.8) is 0 Å². The number of aromatic nitrogens is 1. The number of nitrogens with zero attached hydrogens (tertiary/aromatic N) is 2. The van der Waals surface area contributed by atoms with Gasteiger partial charge in [0.2, 0.25) is 0 Å². The monoisotopic (exact) mass is 457 g/mol. The summed E-state index contributed by atoms with van der Waals surface area (Å²) in [7, 11) is 0. The highest BCUT2D eigenvalue weighted by Gasteiger charge is 2.28. The summed E-state index contributed by atoms with van der Waals surface area (Å²) < 4.78 is 14.4. The largest absolute Gasteiger partial charge is 0.483 e. The molecule has 4 rings (SSSR count). The minimum atomic E-state index is -0.277. The Bertz CT molecular complexity index is 942. The van der Waals surface area contributed by atoms with Crippen molar-refractivity contribution < 1.29 is 14.3 Å². The molecule has 0 bridgehead atoms. The fraction of sp³-hybridized carbons (Fsp3) is 0.455. The van der Waals surface area contributed by atoms with Gasteiger partial charge in [-0.15, -0.1) is 0 Å². The molecule has 7 heteroatoms. The van der Waals surface area contributed by atoms with Crippen molar-refractivity contribution in [1.29, 1.82) is 5.26 Å². The number of hydrogen-bond acceptors (Lipinski definition) is 4. The zero-order chi connectivity index (χ0) is 20.2. The first-order chi connectivity index (χ1) is 14.2. The van der Waals surface area contributed by atoms with E-state index in [0.29, 0.717) is 23.7 Å². The molecule has 6 nitrogen and oxygen atoms in total. The standard InChI is InChI=1S/C22H24BrN3O3/c23-18-8-2-4-10-20(18)29-14-21(27)25-22-17(12-24)16-7-1-3-9-19(16)26(22)13-15-6-5-11-28-15/h2,4,8,10,15H,1,3,5-7,9,11,13-14H2,(H,25,27). The van der Waals surface area contributed by atoms with Crippen LogP contribution < -0.4 is 10.1 Å². The molecule has 1 unspecified atom stereocenters. The second-order valence-electron chi connectivity index (χ2n) is 7.48. The van der Waals surface area contributed by atoms with Crippen LogP contribution in [-0.2, 0) is 28.9 Å². The molecule has 2 heterocycles. The van der Waals surface area contributed by atoms with Gasteiger partial charge in [-0.3, -0.25) is 4.79 Å². The molecule has 1 aliphatic carbocycles. The molecular weight excluding hydrogens is 434 g/mol. The molecule has 1 atom stereocenters. The highest BCUT2D eigenvalue weighted by molar-refractivity contribution is 9.10. The average molecular weight is 458 g/mol. The quantitative estimate of drug-likeness (QED) is 0.704. The summed E-state index contributed by atoms with van der Waals surface area (Å²) >= 11 is 3.42. The van der Waals surface area contributed by atoms with Gasteiger partial charge < -0.3 is 19.4 Å². The number of rotatable bonds is 6. The van der Waals surface area contributed by atoms with Crippen LogP contribution in [0.4, 0.5) is 5.82 Å². The lowest BCUT2D eigenvalue weighted by molar-refractivity contribution is -0.118. The van der Waals surface area contributed by atoms with E-state index in [4.69, 9.17) is 9.47 Å². The molecule has 0 spiro atoms. The lowest BCUT2D eigenvalue weighted by Crippen LogP contribution is -2.25. The lowest BCUT2D eigenvalue weighted by Gasteiger charge is -2.20. The first-order valence-electron chi connectivity index (χ1n) is 10.1. The maximum atomic E-state index is 12.7. The van der Waals surface area contributed by atoms with Crippen LogP contribution in [0.3, 0.4) is 0 Å². The number of carbonyl (C=O) groups excluding carboxylic acids is 1. The summed E-state index contributed by atoms with van der Waals surface area (Å²) in [6.07, 6.45) is 6.18. The maximum absolute atomic E-state index is 12.7. The third-order valence-electron chi connectivity index (χ3n) is 5.55. The van der Waals surface area contributed by atoms with E-state index < -0.39 is 0 Å². The molecule has 1 fully saturated rings. The third kappa shape index (κ3) is 4.34. The first-order valence-corrected chi connectivity index (χ1v) is 10.9. The topological polar surface area (TPSA) is 76.3 Å². The van der Waals surface area contributed by atoms with E-state index in [2.05, 4.69) is 31.9 Å². The number of ether oxygens (including phenoxy) is 2.